The van der Waals surface area contributed by atoms with Crippen LogP contribution >= 0.6 is 31.9 Å². The zero-order valence-corrected chi connectivity index (χ0v) is 13.8. The molecule has 0 fully saturated rings. The highest BCUT2D eigenvalue weighted by Gasteiger charge is 2.10. The van der Waals surface area contributed by atoms with Gasteiger partial charge in [0, 0.05) is 12.6 Å². The minimum absolute atomic E-state index is 0.324. The Morgan fingerprint density at radius 1 is 1.30 bits per heavy atom. The predicted octanol–water partition coefficient (Wildman–Crippen LogP) is 4.75. The molecule has 1 aromatic carbocycles. The molecule has 0 bridgehead atoms. The lowest BCUT2D eigenvalue weighted by molar-refractivity contribution is 0.451. The number of hydrogen-bond acceptors (Lipinski definition) is 4. The Kier molecular flexibility index (Phi) is 5.31. The molecular formula is C13H12Br2FN3O. The summed E-state index contributed by atoms with van der Waals surface area (Å²) < 4.78 is 20.1. The summed E-state index contributed by atoms with van der Waals surface area (Å²) in [4.78, 5) is 8.36. The molecule has 0 atom stereocenters. The van der Waals surface area contributed by atoms with Crippen LogP contribution in [0.15, 0.2) is 33.3 Å². The van der Waals surface area contributed by atoms with E-state index in [1.807, 2.05) is 6.92 Å². The van der Waals surface area contributed by atoms with Crippen LogP contribution in [-0.2, 0) is 0 Å². The maximum Gasteiger partial charge on any atom is 0.238 e. The van der Waals surface area contributed by atoms with E-state index in [0.29, 0.717) is 26.5 Å². The van der Waals surface area contributed by atoms with Crippen molar-refractivity contribution in [2.45, 2.75) is 13.3 Å². The number of benzene rings is 1. The highest BCUT2D eigenvalue weighted by molar-refractivity contribution is 9.11. The van der Waals surface area contributed by atoms with Gasteiger partial charge < -0.3 is 10.1 Å². The molecule has 0 radical (unpaired) electrons. The Bertz CT molecular complexity index is 610. The monoisotopic (exact) mass is 403 g/mol. The van der Waals surface area contributed by atoms with Crippen molar-refractivity contribution in [3.63, 3.8) is 0 Å². The minimum Gasteiger partial charge on any atom is -0.436 e. The molecule has 20 heavy (non-hydrogen) atoms. The largest absolute Gasteiger partial charge is 0.436 e. The van der Waals surface area contributed by atoms with Gasteiger partial charge in [-0.15, -0.1) is 0 Å². The number of aromatic nitrogens is 2. The number of halogens is 3. The first-order chi connectivity index (χ1) is 9.60. The van der Waals surface area contributed by atoms with E-state index in [1.165, 1.54) is 12.1 Å². The van der Waals surface area contributed by atoms with E-state index in [9.17, 15) is 4.39 Å². The van der Waals surface area contributed by atoms with Gasteiger partial charge in [-0.05, 0) is 50.4 Å². The second kappa shape index (κ2) is 6.99. The van der Waals surface area contributed by atoms with E-state index < -0.39 is 0 Å². The van der Waals surface area contributed by atoms with Gasteiger partial charge in [0.1, 0.15) is 11.6 Å². The summed E-state index contributed by atoms with van der Waals surface area (Å²) in [6.45, 7) is 2.82. The van der Waals surface area contributed by atoms with E-state index in [-0.39, 0.29) is 5.82 Å². The molecule has 1 heterocycles. The summed E-state index contributed by atoms with van der Waals surface area (Å²) >= 11 is 6.62. The van der Waals surface area contributed by atoms with Gasteiger partial charge >= 0.3 is 0 Å². The highest BCUT2D eigenvalue weighted by atomic mass is 79.9. The maximum atomic E-state index is 13.2. The summed E-state index contributed by atoms with van der Waals surface area (Å²) in [6, 6.07) is 4.22. The standard InChI is InChI=1S/C13H12Br2FN3O/c1-2-5-17-13-18-7-10(15)12(19-13)20-11-6-8(16)3-4-9(11)14/h3-4,6-7H,2,5H2,1H3,(H,17,18,19). The SMILES string of the molecule is CCCNc1ncc(Br)c(Oc2cc(F)ccc2Br)n1. The van der Waals surface area contributed by atoms with Crippen molar-refractivity contribution in [3.05, 3.63) is 39.2 Å². The molecule has 0 unspecified atom stereocenters. The van der Waals surface area contributed by atoms with Gasteiger partial charge in [-0.2, -0.15) is 4.98 Å². The van der Waals surface area contributed by atoms with Crippen LogP contribution in [0.2, 0.25) is 0 Å². The second-order valence-corrected chi connectivity index (χ2v) is 5.66. The zero-order valence-electron chi connectivity index (χ0n) is 10.7. The number of anilines is 1. The van der Waals surface area contributed by atoms with Crippen molar-refractivity contribution in [3.8, 4) is 11.6 Å². The number of hydrogen-bond donors (Lipinski definition) is 1. The Balaban J connectivity index is 2.25. The van der Waals surface area contributed by atoms with Crippen LogP contribution < -0.4 is 10.1 Å². The van der Waals surface area contributed by atoms with Gasteiger partial charge in [0.25, 0.3) is 0 Å². The van der Waals surface area contributed by atoms with Crippen molar-refractivity contribution >= 4 is 37.8 Å². The van der Waals surface area contributed by atoms with E-state index in [0.717, 1.165) is 13.0 Å². The van der Waals surface area contributed by atoms with Gasteiger partial charge in [0.15, 0.2) is 0 Å². The van der Waals surface area contributed by atoms with Gasteiger partial charge in [-0.3, -0.25) is 0 Å². The van der Waals surface area contributed by atoms with Crippen molar-refractivity contribution in [2.75, 3.05) is 11.9 Å². The first-order valence-corrected chi connectivity index (χ1v) is 7.58. The Hall–Kier alpha value is -1.21. The normalized spacial score (nSPS) is 10.4. The summed E-state index contributed by atoms with van der Waals surface area (Å²) in [5, 5.41) is 3.06. The smallest absolute Gasteiger partial charge is 0.238 e. The molecule has 0 aliphatic rings. The molecule has 1 N–H and O–H groups in total. The molecule has 106 valence electrons. The van der Waals surface area contributed by atoms with Gasteiger partial charge in [-0.25, -0.2) is 9.37 Å². The molecular weight excluding hydrogens is 393 g/mol. The van der Waals surface area contributed by atoms with Crippen LogP contribution in [-0.4, -0.2) is 16.5 Å². The van der Waals surface area contributed by atoms with E-state index in [4.69, 9.17) is 4.74 Å². The third-order valence-corrected chi connectivity index (χ3v) is 3.54. The van der Waals surface area contributed by atoms with Crippen molar-refractivity contribution in [1.29, 1.82) is 0 Å². The fourth-order valence-corrected chi connectivity index (χ4v) is 2.00. The summed E-state index contributed by atoms with van der Waals surface area (Å²) in [6.07, 6.45) is 2.55. The predicted molar refractivity (Wildman–Crippen MR) is 82.7 cm³/mol. The van der Waals surface area contributed by atoms with Crippen LogP contribution in [0.1, 0.15) is 13.3 Å². The van der Waals surface area contributed by atoms with E-state index in [1.54, 1.807) is 12.3 Å². The fraction of sp³-hybridized carbons (Fsp3) is 0.231. The second-order valence-electron chi connectivity index (χ2n) is 3.95. The maximum absolute atomic E-state index is 13.2. The van der Waals surface area contributed by atoms with Crippen molar-refractivity contribution < 1.29 is 9.13 Å². The lowest BCUT2D eigenvalue weighted by Crippen LogP contribution is -2.05. The Morgan fingerprint density at radius 2 is 2.10 bits per heavy atom. The highest BCUT2D eigenvalue weighted by Crippen LogP contribution is 2.33. The number of rotatable bonds is 5. The summed E-state index contributed by atoms with van der Waals surface area (Å²) in [7, 11) is 0. The number of nitrogens with zero attached hydrogens (tertiary/aromatic N) is 2. The topological polar surface area (TPSA) is 47.0 Å². The average Bonchev–Trinajstić information content (AvgIpc) is 2.43. The van der Waals surface area contributed by atoms with Crippen molar-refractivity contribution in [2.24, 2.45) is 0 Å². The summed E-state index contributed by atoms with van der Waals surface area (Å²) in [5.74, 6) is 0.769. The quantitative estimate of drug-likeness (QED) is 0.780. The average molecular weight is 405 g/mol. The molecule has 0 amide bonds. The summed E-state index contributed by atoms with van der Waals surface area (Å²) in [5.41, 5.74) is 0. The molecule has 0 aliphatic carbocycles. The van der Waals surface area contributed by atoms with Crippen LogP contribution in [0.4, 0.5) is 10.3 Å². The first-order valence-electron chi connectivity index (χ1n) is 5.99. The molecule has 2 rings (SSSR count). The van der Waals surface area contributed by atoms with E-state index in [2.05, 4.69) is 47.1 Å². The van der Waals surface area contributed by atoms with Crippen molar-refractivity contribution in [1.82, 2.24) is 9.97 Å². The third kappa shape index (κ3) is 3.89. The number of nitrogens with one attached hydrogen (secondary N) is 1. The molecule has 0 saturated heterocycles. The van der Waals surface area contributed by atoms with Crippen LogP contribution in [0.3, 0.4) is 0 Å². The van der Waals surface area contributed by atoms with Crippen LogP contribution in [0, 0.1) is 5.82 Å². The van der Waals surface area contributed by atoms with Crippen LogP contribution in [0.5, 0.6) is 11.6 Å². The molecule has 7 heteroatoms. The lowest BCUT2D eigenvalue weighted by Gasteiger charge is -2.10. The minimum atomic E-state index is -0.377. The fourth-order valence-electron chi connectivity index (χ4n) is 1.40. The molecule has 0 saturated carbocycles. The van der Waals surface area contributed by atoms with Gasteiger partial charge in [0.2, 0.25) is 11.8 Å². The third-order valence-electron chi connectivity index (χ3n) is 2.34. The Labute approximate surface area is 133 Å². The zero-order chi connectivity index (χ0) is 14.5. The molecule has 0 spiro atoms. The van der Waals surface area contributed by atoms with Crippen LogP contribution in [0.25, 0.3) is 0 Å². The molecule has 2 aromatic rings. The Morgan fingerprint density at radius 3 is 2.85 bits per heavy atom. The van der Waals surface area contributed by atoms with Gasteiger partial charge in [0.05, 0.1) is 15.1 Å². The lowest BCUT2D eigenvalue weighted by atomic mass is 10.3. The first kappa shape index (κ1) is 15.2. The molecule has 1 aromatic heterocycles. The molecule has 0 aliphatic heterocycles. The number of ether oxygens (including phenoxy) is 1. The van der Waals surface area contributed by atoms with E-state index >= 15 is 0 Å². The molecule has 4 nitrogen and oxygen atoms in total. The van der Waals surface area contributed by atoms with Gasteiger partial charge in [-0.1, -0.05) is 6.92 Å².